The van der Waals surface area contributed by atoms with Gasteiger partial charge in [-0.15, -0.1) is 0 Å². The van der Waals surface area contributed by atoms with Crippen molar-refractivity contribution in [2.75, 3.05) is 26.3 Å². The summed E-state index contributed by atoms with van der Waals surface area (Å²) in [6, 6.07) is 12.6. The van der Waals surface area contributed by atoms with Crippen molar-refractivity contribution in [1.82, 2.24) is 10.2 Å². The van der Waals surface area contributed by atoms with Crippen LogP contribution in [0.3, 0.4) is 0 Å². The van der Waals surface area contributed by atoms with E-state index in [9.17, 15) is 0 Å². The molecule has 0 spiro atoms. The van der Waals surface area contributed by atoms with Gasteiger partial charge in [0.2, 0.25) is 0 Å². The van der Waals surface area contributed by atoms with Gasteiger partial charge in [0.05, 0.1) is 13.2 Å². The lowest BCUT2D eigenvalue weighted by Gasteiger charge is -2.40. The summed E-state index contributed by atoms with van der Waals surface area (Å²) in [6.45, 7) is 6.07. The zero-order valence-corrected chi connectivity index (χ0v) is 11.7. The van der Waals surface area contributed by atoms with Gasteiger partial charge in [-0.05, 0) is 25.3 Å². The second-order valence-corrected chi connectivity index (χ2v) is 5.77. The van der Waals surface area contributed by atoms with Crippen LogP contribution in [0.5, 0.6) is 0 Å². The molecule has 2 unspecified atom stereocenters. The average molecular weight is 260 g/mol. The smallest absolute Gasteiger partial charge is 0.0620 e. The van der Waals surface area contributed by atoms with E-state index in [0.29, 0.717) is 12.1 Å². The molecule has 1 aliphatic carbocycles. The summed E-state index contributed by atoms with van der Waals surface area (Å²) < 4.78 is 5.57. The molecule has 1 aromatic rings. The van der Waals surface area contributed by atoms with E-state index in [4.69, 9.17) is 4.74 Å². The maximum absolute atomic E-state index is 5.57. The van der Waals surface area contributed by atoms with Crippen LogP contribution in [0.25, 0.3) is 0 Å². The minimum absolute atomic E-state index is 0.473. The number of hydrogen-bond acceptors (Lipinski definition) is 3. The lowest BCUT2D eigenvalue weighted by atomic mass is 10.0. The molecule has 1 aromatic carbocycles. The van der Waals surface area contributed by atoms with Crippen LogP contribution in [0.2, 0.25) is 0 Å². The van der Waals surface area contributed by atoms with Crippen molar-refractivity contribution in [3.63, 3.8) is 0 Å². The summed E-state index contributed by atoms with van der Waals surface area (Å²) in [5, 5.41) is 3.69. The molecule has 1 saturated heterocycles. The highest BCUT2D eigenvalue weighted by molar-refractivity contribution is 5.20. The topological polar surface area (TPSA) is 24.5 Å². The van der Waals surface area contributed by atoms with Gasteiger partial charge in [-0.1, -0.05) is 30.3 Å². The molecule has 0 bridgehead atoms. The monoisotopic (exact) mass is 260 g/mol. The lowest BCUT2D eigenvalue weighted by Crippen LogP contribution is -2.48. The molecule has 0 aromatic heterocycles. The predicted molar refractivity (Wildman–Crippen MR) is 77.2 cm³/mol. The van der Waals surface area contributed by atoms with Gasteiger partial charge in [0.25, 0.3) is 0 Å². The molecule has 0 amide bonds. The quantitative estimate of drug-likeness (QED) is 0.878. The highest BCUT2D eigenvalue weighted by Crippen LogP contribution is 2.26. The summed E-state index contributed by atoms with van der Waals surface area (Å²) in [7, 11) is 0. The molecule has 1 N–H and O–H groups in total. The van der Waals surface area contributed by atoms with E-state index in [1.165, 1.54) is 18.4 Å². The molecule has 1 heterocycles. The summed E-state index contributed by atoms with van der Waals surface area (Å²) in [6.07, 6.45) is 2.69. The van der Waals surface area contributed by atoms with Gasteiger partial charge in [-0.25, -0.2) is 0 Å². The summed E-state index contributed by atoms with van der Waals surface area (Å²) in [4.78, 5) is 2.59. The number of rotatable bonds is 5. The Labute approximate surface area is 115 Å². The minimum atomic E-state index is 0.473. The average Bonchev–Trinajstić information content (AvgIpc) is 3.26. The molecule has 3 heteroatoms. The zero-order valence-electron chi connectivity index (χ0n) is 11.7. The van der Waals surface area contributed by atoms with Crippen molar-refractivity contribution in [3.05, 3.63) is 35.9 Å². The fourth-order valence-corrected chi connectivity index (χ4v) is 2.87. The maximum Gasteiger partial charge on any atom is 0.0620 e. The Kier molecular flexibility index (Phi) is 4.16. The van der Waals surface area contributed by atoms with E-state index in [-0.39, 0.29) is 0 Å². The molecule has 3 rings (SSSR count). The van der Waals surface area contributed by atoms with Crippen molar-refractivity contribution in [3.8, 4) is 0 Å². The molecule has 1 saturated carbocycles. The van der Waals surface area contributed by atoms with Crippen molar-refractivity contribution < 1.29 is 4.74 Å². The van der Waals surface area contributed by atoms with E-state index in [1.54, 1.807) is 0 Å². The molecular formula is C16H24N2O. The van der Waals surface area contributed by atoms with Crippen LogP contribution >= 0.6 is 0 Å². The first kappa shape index (κ1) is 13.1. The SMILES string of the molecule is CC1COCCN1C(CNC1CC1)c1ccccc1. The first-order valence-corrected chi connectivity index (χ1v) is 7.46. The Balaban J connectivity index is 1.73. The number of nitrogens with one attached hydrogen (secondary N) is 1. The molecule has 1 aliphatic heterocycles. The van der Waals surface area contributed by atoms with Crippen molar-refractivity contribution in [2.24, 2.45) is 0 Å². The first-order chi connectivity index (χ1) is 9.34. The summed E-state index contributed by atoms with van der Waals surface area (Å²) in [5.74, 6) is 0. The Morgan fingerprint density at radius 2 is 2.11 bits per heavy atom. The van der Waals surface area contributed by atoms with E-state index >= 15 is 0 Å². The Morgan fingerprint density at radius 3 is 2.79 bits per heavy atom. The van der Waals surface area contributed by atoms with Crippen LogP contribution < -0.4 is 5.32 Å². The molecule has 0 radical (unpaired) electrons. The van der Waals surface area contributed by atoms with Crippen molar-refractivity contribution in [2.45, 2.75) is 37.9 Å². The van der Waals surface area contributed by atoms with E-state index in [1.807, 2.05) is 0 Å². The Morgan fingerprint density at radius 1 is 1.32 bits per heavy atom. The Bertz CT molecular complexity index is 391. The minimum Gasteiger partial charge on any atom is -0.379 e. The standard InChI is InChI=1S/C16H24N2O/c1-13-12-19-10-9-18(13)16(11-17-15-7-8-15)14-5-3-2-4-6-14/h2-6,13,15-17H,7-12H2,1H3. The number of ether oxygens (including phenoxy) is 1. The maximum atomic E-state index is 5.57. The fourth-order valence-electron chi connectivity index (χ4n) is 2.87. The molecule has 2 aliphatic rings. The van der Waals surface area contributed by atoms with Crippen molar-refractivity contribution >= 4 is 0 Å². The van der Waals surface area contributed by atoms with Crippen LogP contribution in [0.1, 0.15) is 31.4 Å². The van der Waals surface area contributed by atoms with Crippen LogP contribution in [-0.2, 0) is 4.74 Å². The van der Waals surface area contributed by atoms with Gasteiger partial charge >= 0.3 is 0 Å². The normalized spacial score (nSPS) is 26.3. The van der Waals surface area contributed by atoms with Gasteiger partial charge in [-0.2, -0.15) is 0 Å². The number of morpholine rings is 1. The van der Waals surface area contributed by atoms with Crippen LogP contribution in [0.4, 0.5) is 0 Å². The van der Waals surface area contributed by atoms with Gasteiger partial charge in [0.1, 0.15) is 0 Å². The third-order valence-corrected chi connectivity index (χ3v) is 4.18. The largest absolute Gasteiger partial charge is 0.379 e. The van der Waals surface area contributed by atoms with E-state index in [0.717, 1.165) is 32.3 Å². The molecule has 3 nitrogen and oxygen atoms in total. The molecule has 2 fully saturated rings. The molecular weight excluding hydrogens is 236 g/mol. The fraction of sp³-hybridized carbons (Fsp3) is 0.625. The van der Waals surface area contributed by atoms with Crippen LogP contribution in [-0.4, -0.2) is 43.3 Å². The van der Waals surface area contributed by atoms with Gasteiger partial charge in [0.15, 0.2) is 0 Å². The van der Waals surface area contributed by atoms with E-state index in [2.05, 4.69) is 47.5 Å². The third-order valence-electron chi connectivity index (χ3n) is 4.18. The Hall–Kier alpha value is -0.900. The number of hydrogen-bond donors (Lipinski definition) is 1. The summed E-state index contributed by atoms with van der Waals surface area (Å²) in [5.41, 5.74) is 1.42. The molecule has 19 heavy (non-hydrogen) atoms. The number of benzene rings is 1. The third kappa shape index (κ3) is 3.35. The molecule has 104 valence electrons. The second kappa shape index (κ2) is 6.04. The second-order valence-electron chi connectivity index (χ2n) is 5.77. The lowest BCUT2D eigenvalue weighted by molar-refractivity contribution is -0.0225. The predicted octanol–water partition coefficient (Wildman–Crippen LogP) is 2.20. The van der Waals surface area contributed by atoms with Crippen LogP contribution in [0, 0.1) is 0 Å². The summed E-state index contributed by atoms with van der Waals surface area (Å²) >= 11 is 0. The van der Waals surface area contributed by atoms with Crippen molar-refractivity contribution in [1.29, 1.82) is 0 Å². The first-order valence-electron chi connectivity index (χ1n) is 7.46. The highest BCUT2D eigenvalue weighted by Gasteiger charge is 2.29. The van der Waals surface area contributed by atoms with E-state index < -0.39 is 0 Å². The van der Waals surface area contributed by atoms with Gasteiger partial charge in [0, 0.05) is 31.2 Å². The number of nitrogens with zero attached hydrogens (tertiary/aromatic N) is 1. The van der Waals surface area contributed by atoms with Gasteiger partial charge < -0.3 is 10.1 Å². The molecule has 2 atom stereocenters. The van der Waals surface area contributed by atoms with Gasteiger partial charge in [-0.3, -0.25) is 4.90 Å². The zero-order chi connectivity index (χ0) is 13.1. The highest BCUT2D eigenvalue weighted by atomic mass is 16.5. The van der Waals surface area contributed by atoms with Crippen LogP contribution in [0.15, 0.2) is 30.3 Å².